The van der Waals surface area contributed by atoms with Crippen LogP contribution in [0, 0.1) is 5.82 Å². The number of aryl methyl sites for hydroxylation is 1. The Bertz CT molecular complexity index is 482. The Balaban J connectivity index is 2.98. The molecule has 0 saturated heterocycles. The lowest BCUT2D eigenvalue weighted by Crippen LogP contribution is -1.93. The summed E-state index contributed by atoms with van der Waals surface area (Å²) in [5.74, 6) is -0.542. The van der Waals surface area contributed by atoms with Crippen LogP contribution >= 0.6 is 27.5 Å². The Morgan fingerprint density at radius 2 is 2.31 bits per heavy atom. The monoisotopic (exact) mass is 263 g/mol. The molecule has 68 valence electrons. The minimum atomic E-state index is -0.542. The molecule has 0 unspecified atom stereocenters. The van der Waals surface area contributed by atoms with Gasteiger partial charge in [0, 0.05) is 13.2 Å². The number of aromatic nitrogens is 3. The minimum Gasteiger partial charge on any atom is -0.264 e. The molecule has 2 aromatic rings. The molecular formula is C7H4BrClFN3. The first-order valence-corrected chi connectivity index (χ1v) is 4.60. The molecule has 0 atom stereocenters. The fourth-order valence-corrected chi connectivity index (χ4v) is 1.82. The van der Waals surface area contributed by atoms with E-state index in [1.54, 1.807) is 7.05 Å². The van der Waals surface area contributed by atoms with Gasteiger partial charge in [0.1, 0.15) is 10.1 Å². The summed E-state index contributed by atoms with van der Waals surface area (Å²) in [4.78, 5) is 3.69. The third-order valence-electron chi connectivity index (χ3n) is 1.73. The zero-order chi connectivity index (χ0) is 9.59. The standard InChI is InChI=1S/C7H4BrClFN3/c1-13-5-3(6(8)12-13)2-11-7(9)4(5)10/h2H,1H3. The zero-order valence-electron chi connectivity index (χ0n) is 6.55. The van der Waals surface area contributed by atoms with E-state index >= 15 is 0 Å². The maximum absolute atomic E-state index is 13.4. The topological polar surface area (TPSA) is 30.7 Å². The molecule has 2 aromatic heterocycles. The maximum atomic E-state index is 13.4. The highest BCUT2D eigenvalue weighted by Crippen LogP contribution is 2.26. The summed E-state index contributed by atoms with van der Waals surface area (Å²) in [5.41, 5.74) is 0.354. The van der Waals surface area contributed by atoms with Gasteiger partial charge in [0.25, 0.3) is 0 Å². The smallest absolute Gasteiger partial charge is 0.186 e. The normalized spacial score (nSPS) is 11.1. The van der Waals surface area contributed by atoms with Crippen molar-refractivity contribution in [3.63, 3.8) is 0 Å². The van der Waals surface area contributed by atoms with Crippen molar-refractivity contribution in [1.29, 1.82) is 0 Å². The molecule has 0 amide bonds. The summed E-state index contributed by atoms with van der Waals surface area (Å²) >= 11 is 8.72. The predicted octanol–water partition coefficient (Wildman–Crippen LogP) is 2.52. The molecule has 0 radical (unpaired) electrons. The number of pyridine rings is 1. The molecule has 3 nitrogen and oxygen atoms in total. The predicted molar refractivity (Wildman–Crippen MR) is 51.2 cm³/mol. The summed E-state index contributed by atoms with van der Waals surface area (Å²) in [6.45, 7) is 0. The molecule has 2 heterocycles. The van der Waals surface area contributed by atoms with Crippen molar-refractivity contribution in [2.45, 2.75) is 0 Å². The Kier molecular flexibility index (Phi) is 2.00. The van der Waals surface area contributed by atoms with Gasteiger partial charge in [0.15, 0.2) is 11.0 Å². The van der Waals surface area contributed by atoms with Gasteiger partial charge in [0.2, 0.25) is 0 Å². The molecule has 6 heteroatoms. The van der Waals surface area contributed by atoms with Gasteiger partial charge in [-0.15, -0.1) is 0 Å². The number of hydrogen-bond donors (Lipinski definition) is 0. The molecular weight excluding hydrogens is 260 g/mol. The van der Waals surface area contributed by atoms with Crippen molar-refractivity contribution < 1.29 is 4.39 Å². The second-order valence-corrected chi connectivity index (χ2v) is 3.65. The van der Waals surface area contributed by atoms with Crippen LogP contribution in [0.25, 0.3) is 10.9 Å². The van der Waals surface area contributed by atoms with Crippen LogP contribution in [0.3, 0.4) is 0 Å². The lowest BCUT2D eigenvalue weighted by Gasteiger charge is -1.96. The SMILES string of the molecule is Cn1nc(Br)c2cnc(Cl)c(F)c21. The third kappa shape index (κ3) is 1.23. The van der Waals surface area contributed by atoms with E-state index in [0.29, 0.717) is 15.5 Å². The molecule has 13 heavy (non-hydrogen) atoms. The van der Waals surface area contributed by atoms with Crippen LogP contribution in [-0.4, -0.2) is 14.8 Å². The molecule has 0 aromatic carbocycles. The first-order valence-electron chi connectivity index (χ1n) is 3.43. The van der Waals surface area contributed by atoms with Crippen LogP contribution in [0.2, 0.25) is 5.15 Å². The molecule has 0 aliphatic carbocycles. The highest BCUT2D eigenvalue weighted by atomic mass is 79.9. The summed E-state index contributed by atoms with van der Waals surface area (Å²) in [7, 11) is 1.65. The van der Waals surface area contributed by atoms with Gasteiger partial charge in [0.05, 0.1) is 5.39 Å². The van der Waals surface area contributed by atoms with Gasteiger partial charge >= 0.3 is 0 Å². The van der Waals surface area contributed by atoms with Crippen molar-refractivity contribution in [3.05, 3.63) is 21.8 Å². The Morgan fingerprint density at radius 1 is 1.62 bits per heavy atom. The largest absolute Gasteiger partial charge is 0.264 e. The number of hydrogen-bond acceptors (Lipinski definition) is 2. The second-order valence-electron chi connectivity index (χ2n) is 2.54. The molecule has 0 aliphatic heterocycles. The average Bonchev–Trinajstić information content (AvgIpc) is 2.35. The fraction of sp³-hybridized carbons (Fsp3) is 0.143. The summed E-state index contributed by atoms with van der Waals surface area (Å²) < 4.78 is 15.4. The molecule has 0 aliphatic rings. The van der Waals surface area contributed by atoms with Gasteiger partial charge in [-0.05, 0) is 15.9 Å². The first-order chi connectivity index (χ1) is 6.11. The highest BCUT2D eigenvalue weighted by molar-refractivity contribution is 9.10. The maximum Gasteiger partial charge on any atom is 0.186 e. The van der Waals surface area contributed by atoms with E-state index in [0.717, 1.165) is 0 Å². The van der Waals surface area contributed by atoms with E-state index < -0.39 is 5.82 Å². The van der Waals surface area contributed by atoms with Crippen LogP contribution in [0.1, 0.15) is 0 Å². The quantitative estimate of drug-likeness (QED) is 0.685. The van der Waals surface area contributed by atoms with Crippen LogP contribution in [0.4, 0.5) is 4.39 Å². The van der Waals surface area contributed by atoms with E-state index in [4.69, 9.17) is 11.6 Å². The molecule has 0 saturated carbocycles. The second kappa shape index (κ2) is 2.92. The van der Waals surface area contributed by atoms with Crippen LogP contribution < -0.4 is 0 Å². The van der Waals surface area contributed by atoms with Crippen molar-refractivity contribution >= 4 is 38.4 Å². The van der Waals surface area contributed by atoms with Crippen molar-refractivity contribution in [3.8, 4) is 0 Å². The van der Waals surface area contributed by atoms with Crippen molar-refractivity contribution in [1.82, 2.24) is 14.8 Å². The molecule has 0 bridgehead atoms. The number of fused-ring (bicyclic) bond motifs is 1. The lowest BCUT2D eigenvalue weighted by atomic mass is 10.3. The van der Waals surface area contributed by atoms with E-state index in [1.165, 1.54) is 10.9 Å². The third-order valence-corrected chi connectivity index (χ3v) is 2.58. The number of nitrogens with zero attached hydrogens (tertiary/aromatic N) is 3. The average molecular weight is 264 g/mol. The van der Waals surface area contributed by atoms with Crippen LogP contribution in [-0.2, 0) is 7.05 Å². The van der Waals surface area contributed by atoms with E-state index in [2.05, 4.69) is 26.0 Å². The number of rotatable bonds is 0. The van der Waals surface area contributed by atoms with Gasteiger partial charge in [-0.2, -0.15) is 5.10 Å². The Morgan fingerprint density at radius 3 is 3.00 bits per heavy atom. The van der Waals surface area contributed by atoms with Gasteiger partial charge in [-0.25, -0.2) is 9.37 Å². The van der Waals surface area contributed by atoms with Gasteiger partial charge in [-0.3, -0.25) is 4.68 Å². The first kappa shape index (κ1) is 8.90. The van der Waals surface area contributed by atoms with Crippen LogP contribution in [0.15, 0.2) is 10.8 Å². The van der Waals surface area contributed by atoms with Gasteiger partial charge in [-0.1, -0.05) is 11.6 Å². The summed E-state index contributed by atoms with van der Waals surface area (Å²) in [6, 6.07) is 0. The van der Waals surface area contributed by atoms with Crippen molar-refractivity contribution in [2.24, 2.45) is 7.05 Å². The Labute approximate surface area is 86.6 Å². The fourth-order valence-electron chi connectivity index (χ4n) is 1.16. The summed E-state index contributed by atoms with van der Waals surface area (Å²) in [6.07, 6.45) is 1.48. The Hall–Kier alpha value is -0.680. The lowest BCUT2D eigenvalue weighted by molar-refractivity contribution is 0.620. The minimum absolute atomic E-state index is 0.136. The summed E-state index contributed by atoms with van der Waals surface area (Å²) in [5, 5.41) is 4.47. The molecule has 0 spiro atoms. The zero-order valence-corrected chi connectivity index (χ0v) is 8.89. The van der Waals surface area contributed by atoms with E-state index in [-0.39, 0.29) is 5.15 Å². The molecule has 0 fully saturated rings. The highest BCUT2D eigenvalue weighted by Gasteiger charge is 2.14. The van der Waals surface area contributed by atoms with Gasteiger partial charge < -0.3 is 0 Å². The number of halogens is 3. The van der Waals surface area contributed by atoms with E-state index in [1.807, 2.05) is 0 Å². The van der Waals surface area contributed by atoms with E-state index in [9.17, 15) is 4.39 Å². The van der Waals surface area contributed by atoms with Crippen LogP contribution in [0.5, 0.6) is 0 Å². The molecule has 0 N–H and O–H groups in total. The van der Waals surface area contributed by atoms with Crippen molar-refractivity contribution in [2.75, 3.05) is 0 Å². The molecule has 2 rings (SSSR count).